The molecule has 0 radical (unpaired) electrons. The average molecular weight is 182 g/mol. The molecule has 2 atom stereocenters. The summed E-state index contributed by atoms with van der Waals surface area (Å²) in [6, 6.07) is 0. The van der Waals surface area contributed by atoms with E-state index in [2.05, 4.69) is 13.8 Å². The molecule has 0 bridgehead atoms. The number of carbonyl (C=O) groups excluding carboxylic acids is 1. The Morgan fingerprint density at radius 1 is 1.69 bits per heavy atom. The Morgan fingerprint density at radius 2 is 2.38 bits per heavy atom. The number of aliphatic hydroxyl groups excluding tert-OH is 1. The maximum Gasteiger partial charge on any atom is 0.165 e. The van der Waals surface area contributed by atoms with Gasteiger partial charge in [-0.05, 0) is 25.2 Å². The molecule has 0 spiro atoms. The first-order valence-electron chi connectivity index (χ1n) is 5.08. The molecule has 1 aliphatic carbocycles. The van der Waals surface area contributed by atoms with Gasteiger partial charge in [0.2, 0.25) is 0 Å². The first-order valence-corrected chi connectivity index (χ1v) is 5.08. The maximum atomic E-state index is 11.7. The lowest BCUT2D eigenvalue weighted by Gasteiger charge is -2.26. The second kappa shape index (κ2) is 4.45. The normalized spacial score (nSPS) is 29.2. The van der Waals surface area contributed by atoms with E-state index in [1.54, 1.807) is 0 Å². The lowest BCUT2D eigenvalue weighted by atomic mass is 9.77. The van der Waals surface area contributed by atoms with Crippen LogP contribution >= 0.6 is 0 Å². The summed E-state index contributed by atoms with van der Waals surface area (Å²) in [7, 11) is 0. The topological polar surface area (TPSA) is 37.3 Å². The Kier molecular flexibility index (Phi) is 3.52. The molecule has 1 aliphatic rings. The number of ketones is 1. The Bertz CT molecular complexity index is 218. The summed E-state index contributed by atoms with van der Waals surface area (Å²) in [6.45, 7) is 4.22. The van der Waals surface area contributed by atoms with E-state index in [1.807, 2.05) is 0 Å². The van der Waals surface area contributed by atoms with Gasteiger partial charge < -0.3 is 5.11 Å². The summed E-state index contributed by atoms with van der Waals surface area (Å²) in [6.07, 6.45) is 4.81. The molecule has 2 unspecified atom stereocenters. The van der Waals surface area contributed by atoms with E-state index < -0.39 is 0 Å². The van der Waals surface area contributed by atoms with Crippen LogP contribution in [-0.4, -0.2) is 10.9 Å². The van der Waals surface area contributed by atoms with Crippen LogP contribution in [0.5, 0.6) is 0 Å². The summed E-state index contributed by atoms with van der Waals surface area (Å²) >= 11 is 0. The van der Waals surface area contributed by atoms with Gasteiger partial charge in [0.1, 0.15) is 0 Å². The predicted octanol–water partition coefficient (Wildman–Crippen LogP) is 2.84. The van der Waals surface area contributed by atoms with Crippen LogP contribution in [0.15, 0.2) is 11.8 Å². The number of hydrogen-bond acceptors (Lipinski definition) is 2. The first kappa shape index (κ1) is 10.3. The zero-order valence-corrected chi connectivity index (χ0v) is 8.42. The standard InChI is InChI=1S/C11H18O2/c1-3-8(2)10-6-4-5-9(7-12)11(10)13/h7-8,10,12H,3-6H2,1-2H3/b9-7-. The summed E-state index contributed by atoms with van der Waals surface area (Å²) in [5, 5.41) is 8.85. The van der Waals surface area contributed by atoms with E-state index in [0.717, 1.165) is 31.9 Å². The highest BCUT2D eigenvalue weighted by molar-refractivity contribution is 5.97. The molecule has 1 fully saturated rings. The first-order chi connectivity index (χ1) is 6.20. The van der Waals surface area contributed by atoms with Crippen molar-refractivity contribution in [3.05, 3.63) is 11.8 Å². The van der Waals surface area contributed by atoms with Crippen molar-refractivity contribution in [3.8, 4) is 0 Å². The average Bonchev–Trinajstić information content (AvgIpc) is 2.17. The number of hydrogen-bond donors (Lipinski definition) is 1. The fourth-order valence-corrected chi connectivity index (χ4v) is 1.96. The zero-order chi connectivity index (χ0) is 9.84. The Labute approximate surface area is 79.6 Å². The third-order valence-electron chi connectivity index (χ3n) is 3.10. The van der Waals surface area contributed by atoms with Crippen LogP contribution in [0, 0.1) is 11.8 Å². The molecule has 0 amide bonds. The molecule has 74 valence electrons. The van der Waals surface area contributed by atoms with Gasteiger partial charge in [0.15, 0.2) is 5.78 Å². The number of Topliss-reactive ketones (excluding diaryl/α,β-unsaturated/α-hetero) is 1. The molecule has 2 heteroatoms. The molecule has 1 saturated carbocycles. The van der Waals surface area contributed by atoms with Crippen molar-refractivity contribution in [1.29, 1.82) is 0 Å². The maximum absolute atomic E-state index is 11.7. The molecule has 1 N–H and O–H groups in total. The van der Waals surface area contributed by atoms with E-state index in [0.29, 0.717) is 11.5 Å². The molecule has 0 aromatic rings. The van der Waals surface area contributed by atoms with Crippen LogP contribution in [-0.2, 0) is 4.79 Å². The Morgan fingerprint density at radius 3 is 2.92 bits per heavy atom. The van der Waals surface area contributed by atoms with Crippen LogP contribution in [0.25, 0.3) is 0 Å². The van der Waals surface area contributed by atoms with Gasteiger partial charge in [0, 0.05) is 11.5 Å². The van der Waals surface area contributed by atoms with Crippen molar-refractivity contribution >= 4 is 5.78 Å². The SMILES string of the molecule is CCC(C)C1CCC/C(=C/O)C1=O. The summed E-state index contributed by atoms with van der Waals surface area (Å²) in [4.78, 5) is 11.7. The number of allylic oxidation sites excluding steroid dienone is 1. The highest BCUT2D eigenvalue weighted by Crippen LogP contribution is 2.31. The molecule has 2 nitrogen and oxygen atoms in total. The predicted molar refractivity (Wildman–Crippen MR) is 52.5 cm³/mol. The van der Waals surface area contributed by atoms with Gasteiger partial charge in [-0.2, -0.15) is 0 Å². The summed E-state index contributed by atoms with van der Waals surface area (Å²) < 4.78 is 0. The van der Waals surface area contributed by atoms with Gasteiger partial charge in [-0.1, -0.05) is 20.3 Å². The minimum absolute atomic E-state index is 0.150. The second-order valence-corrected chi connectivity index (χ2v) is 3.90. The van der Waals surface area contributed by atoms with E-state index in [-0.39, 0.29) is 11.7 Å². The van der Waals surface area contributed by atoms with Crippen LogP contribution < -0.4 is 0 Å². The smallest absolute Gasteiger partial charge is 0.165 e. The Balaban J connectivity index is 2.71. The summed E-state index contributed by atoms with van der Waals surface area (Å²) in [5.41, 5.74) is 0.622. The van der Waals surface area contributed by atoms with Gasteiger partial charge in [-0.25, -0.2) is 0 Å². The minimum atomic E-state index is 0.150. The molecule has 13 heavy (non-hydrogen) atoms. The van der Waals surface area contributed by atoms with E-state index in [1.165, 1.54) is 0 Å². The fourth-order valence-electron chi connectivity index (χ4n) is 1.96. The van der Waals surface area contributed by atoms with Crippen LogP contribution in [0.1, 0.15) is 39.5 Å². The molecule has 0 aromatic heterocycles. The number of aliphatic hydroxyl groups is 1. The number of carbonyl (C=O) groups is 1. The highest BCUT2D eigenvalue weighted by Gasteiger charge is 2.29. The zero-order valence-electron chi connectivity index (χ0n) is 8.42. The van der Waals surface area contributed by atoms with Crippen LogP contribution in [0.3, 0.4) is 0 Å². The second-order valence-electron chi connectivity index (χ2n) is 3.90. The van der Waals surface area contributed by atoms with E-state index in [4.69, 9.17) is 5.11 Å². The van der Waals surface area contributed by atoms with Gasteiger partial charge in [0.05, 0.1) is 6.26 Å². The van der Waals surface area contributed by atoms with Crippen LogP contribution in [0.4, 0.5) is 0 Å². The molecule has 0 heterocycles. The molecule has 0 aromatic carbocycles. The molecule has 1 rings (SSSR count). The molecular weight excluding hydrogens is 164 g/mol. The number of rotatable bonds is 2. The molecule has 0 aliphatic heterocycles. The van der Waals surface area contributed by atoms with Crippen molar-refractivity contribution in [2.45, 2.75) is 39.5 Å². The summed E-state index contributed by atoms with van der Waals surface area (Å²) in [5.74, 6) is 0.767. The van der Waals surface area contributed by atoms with Crippen molar-refractivity contribution in [2.75, 3.05) is 0 Å². The monoisotopic (exact) mass is 182 g/mol. The lowest BCUT2D eigenvalue weighted by Crippen LogP contribution is -2.27. The van der Waals surface area contributed by atoms with Crippen molar-refractivity contribution < 1.29 is 9.90 Å². The van der Waals surface area contributed by atoms with E-state index >= 15 is 0 Å². The third-order valence-corrected chi connectivity index (χ3v) is 3.10. The van der Waals surface area contributed by atoms with Gasteiger partial charge in [-0.15, -0.1) is 0 Å². The molecule has 0 saturated heterocycles. The van der Waals surface area contributed by atoms with Crippen LogP contribution in [0.2, 0.25) is 0 Å². The lowest BCUT2D eigenvalue weighted by molar-refractivity contribution is -0.122. The highest BCUT2D eigenvalue weighted by atomic mass is 16.2. The van der Waals surface area contributed by atoms with Gasteiger partial charge in [0.25, 0.3) is 0 Å². The quantitative estimate of drug-likeness (QED) is 0.526. The van der Waals surface area contributed by atoms with E-state index in [9.17, 15) is 4.79 Å². The van der Waals surface area contributed by atoms with Crippen molar-refractivity contribution in [2.24, 2.45) is 11.8 Å². The fraction of sp³-hybridized carbons (Fsp3) is 0.727. The largest absolute Gasteiger partial charge is 0.515 e. The van der Waals surface area contributed by atoms with Crippen molar-refractivity contribution in [1.82, 2.24) is 0 Å². The van der Waals surface area contributed by atoms with Crippen molar-refractivity contribution in [3.63, 3.8) is 0 Å². The van der Waals surface area contributed by atoms with Gasteiger partial charge >= 0.3 is 0 Å². The minimum Gasteiger partial charge on any atom is -0.515 e. The Hall–Kier alpha value is -0.790. The molecular formula is C11H18O2. The van der Waals surface area contributed by atoms with Gasteiger partial charge in [-0.3, -0.25) is 4.79 Å². The third kappa shape index (κ3) is 2.11.